The minimum atomic E-state index is -0.302. The van der Waals surface area contributed by atoms with E-state index in [4.69, 9.17) is 16.0 Å². The third-order valence-electron chi connectivity index (χ3n) is 4.05. The molecule has 1 fully saturated rings. The Labute approximate surface area is 150 Å². The number of benzene rings is 1. The van der Waals surface area contributed by atoms with Crippen molar-refractivity contribution in [2.45, 2.75) is 18.9 Å². The van der Waals surface area contributed by atoms with Crippen LogP contribution in [-0.2, 0) is 0 Å². The summed E-state index contributed by atoms with van der Waals surface area (Å²) in [6.45, 7) is 0.651. The SMILES string of the molecule is O=C(NCCNC(=O)c1ccco1)NC(c1ccc(Cl)cc1)C1CC1. The molecule has 3 N–H and O–H groups in total. The van der Waals surface area contributed by atoms with Gasteiger partial charge >= 0.3 is 6.03 Å². The van der Waals surface area contributed by atoms with Crippen molar-refractivity contribution in [2.24, 2.45) is 5.92 Å². The summed E-state index contributed by atoms with van der Waals surface area (Å²) in [4.78, 5) is 23.8. The standard InChI is InChI=1S/C18H20ClN3O3/c19-14-7-5-13(6-8-14)16(12-3-4-12)22-18(24)21-10-9-20-17(23)15-2-1-11-25-15/h1-2,5-8,11-12,16H,3-4,9-10H2,(H,20,23)(H2,21,22,24). The van der Waals surface area contributed by atoms with Crippen LogP contribution in [0.15, 0.2) is 47.1 Å². The third kappa shape index (κ3) is 5.00. The summed E-state index contributed by atoms with van der Waals surface area (Å²) in [5, 5.41) is 9.12. The van der Waals surface area contributed by atoms with Gasteiger partial charge in [-0.1, -0.05) is 23.7 Å². The van der Waals surface area contributed by atoms with Crippen molar-refractivity contribution < 1.29 is 14.0 Å². The third-order valence-corrected chi connectivity index (χ3v) is 4.30. The molecule has 7 heteroatoms. The predicted molar refractivity (Wildman–Crippen MR) is 94.5 cm³/mol. The van der Waals surface area contributed by atoms with Gasteiger partial charge in [0.2, 0.25) is 0 Å². The summed E-state index contributed by atoms with van der Waals surface area (Å²) >= 11 is 5.92. The molecule has 1 aromatic carbocycles. The van der Waals surface area contributed by atoms with Gasteiger partial charge in [-0.25, -0.2) is 4.79 Å². The van der Waals surface area contributed by atoms with E-state index in [9.17, 15) is 9.59 Å². The van der Waals surface area contributed by atoms with Crippen molar-refractivity contribution in [2.75, 3.05) is 13.1 Å². The van der Waals surface area contributed by atoms with Crippen LogP contribution < -0.4 is 16.0 Å². The van der Waals surface area contributed by atoms with Crippen molar-refractivity contribution in [1.29, 1.82) is 0 Å². The molecule has 1 saturated carbocycles. The van der Waals surface area contributed by atoms with Gasteiger partial charge in [0.1, 0.15) is 0 Å². The van der Waals surface area contributed by atoms with E-state index in [2.05, 4.69) is 16.0 Å². The molecular formula is C18H20ClN3O3. The first-order valence-electron chi connectivity index (χ1n) is 8.25. The molecule has 2 aromatic rings. The number of carbonyl (C=O) groups is 2. The summed E-state index contributed by atoms with van der Waals surface area (Å²) in [6, 6.07) is 10.5. The molecule has 1 heterocycles. The van der Waals surface area contributed by atoms with E-state index in [0.717, 1.165) is 18.4 Å². The zero-order valence-electron chi connectivity index (χ0n) is 13.6. The number of carbonyl (C=O) groups excluding carboxylic acids is 2. The summed E-state index contributed by atoms with van der Waals surface area (Å²) in [6.07, 6.45) is 3.65. The maximum atomic E-state index is 12.1. The van der Waals surface area contributed by atoms with Gasteiger partial charge in [-0.05, 0) is 48.6 Å². The number of halogens is 1. The average Bonchev–Trinajstić information content (AvgIpc) is 3.30. The van der Waals surface area contributed by atoms with Crippen LogP contribution >= 0.6 is 11.6 Å². The Morgan fingerprint density at radius 1 is 1.12 bits per heavy atom. The number of urea groups is 1. The highest BCUT2D eigenvalue weighted by atomic mass is 35.5. The highest BCUT2D eigenvalue weighted by molar-refractivity contribution is 6.30. The van der Waals surface area contributed by atoms with Crippen LogP contribution in [0, 0.1) is 5.92 Å². The molecule has 3 rings (SSSR count). The molecule has 0 saturated heterocycles. The molecule has 25 heavy (non-hydrogen) atoms. The molecule has 0 bridgehead atoms. The van der Waals surface area contributed by atoms with Gasteiger partial charge in [0.15, 0.2) is 5.76 Å². The van der Waals surface area contributed by atoms with Crippen LogP contribution in [0.4, 0.5) is 4.79 Å². The number of rotatable bonds is 7. The predicted octanol–water partition coefficient (Wildman–Crippen LogP) is 3.11. The second-order valence-electron chi connectivity index (χ2n) is 6.00. The lowest BCUT2D eigenvalue weighted by molar-refractivity contribution is 0.0926. The first-order chi connectivity index (χ1) is 12.1. The molecule has 0 aliphatic heterocycles. The van der Waals surface area contributed by atoms with Crippen LogP contribution in [0.25, 0.3) is 0 Å². The van der Waals surface area contributed by atoms with Gasteiger partial charge < -0.3 is 20.4 Å². The summed E-state index contributed by atoms with van der Waals surface area (Å²) in [7, 11) is 0. The number of hydrogen-bond donors (Lipinski definition) is 3. The fourth-order valence-corrected chi connectivity index (χ4v) is 2.74. The molecule has 1 unspecified atom stereocenters. The number of amides is 3. The normalized spacial score (nSPS) is 14.6. The average molecular weight is 362 g/mol. The first kappa shape index (κ1) is 17.4. The molecule has 1 aromatic heterocycles. The molecule has 3 amide bonds. The molecule has 6 nitrogen and oxygen atoms in total. The Hall–Kier alpha value is -2.47. The molecule has 0 spiro atoms. The van der Waals surface area contributed by atoms with Crippen molar-refractivity contribution in [3.63, 3.8) is 0 Å². The van der Waals surface area contributed by atoms with Gasteiger partial charge in [0.05, 0.1) is 12.3 Å². The maximum Gasteiger partial charge on any atom is 0.315 e. The van der Waals surface area contributed by atoms with E-state index in [0.29, 0.717) is 24.0 Å². The number of nitrogens with one attached hydrogen (secondary N) is 3. The lowest BCUT2D eigenvalue weighted by atomic mass is 10.0. The second kappa shape index (κ2) is 8.07. The zero-order valence-corrected chi connectivity index (χ0v) is 14.4. The highest BCUT2D eigenvalue weighted by Crippen LogP contribution is 2.41. The van der Waals surface area contributed by atoms with E-state index in [1.165, 1.54) is 6.26 Å². The summed E-state index contributed by atoms with van der Waals surface area (Å²) in [5.41, 5.74) is 1.05. The molecule has 132 valence electrons. The molecule has 1 atom stereocenters. The van der Waals surface area contributed by atoms with Crippen LogP contribution in [0.2, 0.25) is 5.02 Å². The fourth-order valence-electron chi connectivity index (χ4n) is 2.61. The minimum absolute atomic E-state index is 0.0185. The van der Waals surface area contributed by atoms with E-state index in [-0.39, 0.29) is 23.7 Å². The van der Waals surface area contributed by atoms with Crippen LogP contribution in [0.5, 0.6) is 0 Å². The van der Waals surface area contributed by atoms with Crippen molar-refractivity contribution in [3.8, 4) is 0 Å². The van der Waals surface area contributed by atoms with Crippen molar-refractivity contribution in [3.05, 3.63) is 59.0 Å². The molecular weight excluding hydrogens is 342 g/mol. The maximum absolute atomic E-state index is 12.1. The lowest BCUT2D eigenvalue weighted by Gasteiger charge is -2.19. The second-order valence-corrected chi connectivity index (χ2v) is 6.44. The van der Waals surface area contributed by atoms with Crippen LogP contribution in [0.1, 0.15) is 35.0 Å². The van der Waals surface area contributed by atoms with Gasteiger partial charge in [-0.3, -0.25) is 4.79 Å². The Bertz CT molecular complexity index is 712. The largest absolute Gasteiger partial charge is 0.459 e. The molecule has 0 radical (unpaired) electrons. The summed E-state index contributed by atoms with van der Waals surface area (Å²) in [5.74, 6) is 0.413. The smallest absolute Gasteiger partial charge is 0.315 e. The minimum Gasteiger partial charge on any atom is -0.459 e. The molecule has 1 aliphatic carbocycles. The van der Waals surface area contributed by atoms with Gasteiger partial charge in [-0.2, -0.15) is 0 Å². The number of furan rings is 1. The van der Waals surface area contributed by atoms with E-state index >= 15 is 0 Å². The Balaban J connectivity index is 1.43. The van der Waals surface area contributed by atoms with Gasteiger partial charge in [-0.15, -0.1) is 0 Å². The Kier molecular flexibility index (Phi) is 5.60. The van der Waals surface area contributed by atoms with E-state index in [1.807, 2.05) is 24.3 Å². The fraction of sp³-hybridized carbons (Fsp3) is 0.333. The Morgan fingerprint density at radius 3 is 2.48 bits per heavy atom. The van der Waals surface area contributed by atoms with Crippen molar-refractivity contribution in [1.82, 2.24) is 16.0 Å². The van der Waals surface area contributed by atoms with Crippen LogP contribution in [0.3, 0.4) is 0 Å². The Morgan fingerprint density at radius 2 is 1.84 bits per heavy atom. The number of hydrogen-bond acceptors (Lipinski definition) is 3. The van der Waals surface area contributed by atoms with Crippen LogP contribution in [-0.4, -0.2) is 25.0 Å². The van der Waals surface area contributed by atoms with E-state index < -0.39 is 0 Å². The highest BCUT2D eigenvalue weighted by Gasteiger charge is 2.33. The first-order valence-corrected chi connectivity index (χ1v) is 8.63. The van der Waals surface area contributed by atoms with Gasteiger partial charge in [0.25, 0.3) is 5.91 Å². The van der Waals surface area contributed by atoms with E-state index in [1.54, 1.807) is 12.1 Å². The zero-order chi connectivity index (χ0) is 17.6. The summed E-state index contributed by atoms with van der Waals surface area (Å²) < 4.78 is 5.00. The van der Waals surface area contributed by atoms with Gasteiger partial charge in [0, 0.05) is 18.1 Å². The molecule has 1 aliphatic rings. The monoisotopic (exact) mass is 361 g/mol. The lowest BCUT2D eigenvalue weighted by Crippen LogP contribution is -2.42. The quantitative estimate of drug-likeness (QED) is 0.662. The van der Waals surface area contributed by atoms with Crippen molar-refractivity contribution >= 4 is 23.5 Å². The topological polar surface area (TPSA) is 83.4 Å².